The lowest BCUT2D eigenvalue weighted by Crippen LogP contribution is -2.33. The van der Waals surface area contributed by atoms with Crippen LogP contribution in [0.4, 0.5) is 0 Å². The highest BCUT2D eigenvalue weighted by molar-refractivity contribution is 7.10. The van der Waals surface area contributed by atoms with Gasteiger partial charge >= 0.3 is 5.97 Å². The van der Waals surface area contributed by atoms with Gasteiger partial charge in [-0.25, -0.2) is 0 Å². The molecular weight excluding hydrogens is 312 g/mol. The number of ether oxygens (including phenoxy) is 1. The maximum Gasteiger partial charge on any atom is 0.307 e. The van der Waals surface area contributed by atoms with Crippen LogP contribution in [-0.2, 0) is 27.3 Å². The molecule has 1 amide bonds. The van der Waals surface area contributed by atoms with Gasteiger partial charge in [-0.2, -0.15) is 0 Å². The van der Waals surface area contributed by atoms with Crippen LogP contribution >= 0.6 is 11.3 Å². The second kappa shape index (κ2) is 9.05. The van der Waals surface area contributed by atoms with Crippen LogP contribution in [0, 0.1) is 0 Å². The van der Waals surface area contributed by atoms with Crippen molar-refractivity contribution in [1.29, 1.82) is 0 Å². The fourth-order valence-electron chi connectivity index (χ4n) is 2.13. The Morgan fingerprint density at radius 2 is 2.04 bits per heavy atom. The standard InChI is InChI=1S/C17H20N2O3S/c1-2-22-17(21)7-10-19(13-14-5-8-18-9-6-14)16(20)12-15-4-3-11-23-15/h3-6,8-9,11H,2,7,10,12-13H2,1H3. The molecule has 2 rings (SSSR count). The third kappa shape index (κ3) is 5.83. The Kier molecular flexibility index (Phi) is 6.75. The number of aromatic nitrogens is 1. The summed E-state index contributed by atoms with van der Waals surface area (Å²) in [4.78, 5) is 30.8. The zero-order chi connectivity index (χ0) is 16.5. The summed E-state index contributed by atoms with van der Waals surface area (Å²) in [5.74, 6) is -0.273. The summed E-state index contributed by atoms with van der Waals surface area (Å²) in [6.07, 6.45) is 3.95. The second-order valence-electron chi connectivity index (χ2n) is 4.98. The van der Waals surface area contributed by atoms with Gasteiger partial charge in [-0.05, 0) is 36.1 Å². The van der Waals surface area contributed by atoms with Gasteiger partial charge < -0.3 is 9.64 Å². The number of amides is 1. The van der Waals surface area contributed by atoms with E-state index in [4.69, 9.17) is 4.74 Å². The molecule has 122 valence electrons. The minimum atomic E-state index is -0.281. The SMILES string of the molecule is CCOC(=O)CCN(Cc1ccncc1)C(=O)Cc1cccs1. The molecule has 0 aliphatic heterocycles. The zero-order valence-corrected chi connectivity index (χ0v) is 13.9. The number of rotatable bonds is 8. The van der Waals surface area contributed by atoms with Gasteiger partial charge in [-0.15, -0.1) is 11.3 Å². The van der Waals surface area contributed by atoms with Gasteiger partial charge in [0, 0.05) is 30.4 Å². The van der Waals surface area contributed by atoms with Crippen LogP contribution in [0.2, 0.25) is 0 Å². The Morgan fingerprint density at radius 1 is 1.26 bits per heavy atom. The van der Waals surface area contributed by atoms with Crippen molar-refractivity contribution >= 4 is 23.2 Å². The van der Waals surface area contributed by atoms with E-state index in [0.717, 1.165) is 10.4 Å². The van der Waals surface area contributed by atoms with E-state index < -0.39 is 0 Å². The topological polar surface area (TPSA) is 59.5 Å². The molecule has 5 nitrogen and oxygen atoms in total. The van der Waals surface area contributed by atoms with E-state index in [1.807, 2.05) is 29.6 Å². The second-order valence-corrected chi connectivity index (χ2v) is 6.01. The molecule has 0 spiro atoms. The monoisotopic (exact) mass is 332 g/mol. The molecule has 0 unspecified atom stereocenters. The number of nitrogens with zero attached hydrogens (tertiary/aromatic N) is 2. The highest BCUT2D eigenvalue weighted by Crippen LogP contribution is 2.13. The van der Waals surface area contributed by atoms with E-state index in [1.165, 1.54) is 0 Å². The van der Waals surface area contributed by atoms with Crippen molar-refractivity contribution in [2.24, 2.45) is 0 Å². The third-order valence-electron chi connectivity index (χ3n) is 3.27. The Hall–Kier alpha value is -2.21. The Labute approximate surface area is 139 Å². The third-order valence-corrected chi connectivity index (χ3v) is 4.15. The van der Waals surface area contributed by atoms with Crippen molar-refractivity contribution in [3.05, 3.63) is 52.5 Å². The highest BCUT2D eigenvalue weighted by atomic mass is 32.1. The molecule has 0 saturated heterocycles. The predicted molar refractivity (Wildman–Crippen MR) is 88.9 cm³/mol. The number of carbonyl (C=O) groups is 2. The first-order valence-corrected chi connectivity index (χ1v) is 8.41. The Morgan fingerprint density at radius 3 is 2.70 bits per heavy atom. The van der Waals surface area contributed by atoms with Gasteiger partial charge in [0.25, 0.3) is 0 Å². The number of pyridine rings is 1. The molecule has 0 aliphatic rings. The fraction of sp³-hybridized carbons (Fsp3) is 0.353. The summed E-state index contributed by atoms with van der Waals surface area (Å²) in [6.45, 7) is 2.94. The molecule has 0 fully saturated rings. The molecule has 0 atom stereocenters. The van der Waals surface area contributed by atoms with E-state index in [2.05, 4.69) is 4.98 Å². The van der Waals surface area contributed by atoms with Gasteiger partial charge in [0.15, 0.2) is 0 Å². The summed E-state index contributed by atoms with van der Waals surface area (Å²) < 4.78 is 4.94. The van der Waals surface area contributed by atoms with E-state index in [1.54, 1.807) is 35.6 Å². The lowest BCUT2D eigenvalue weighted by molar-refractivity contribution is -0.144. The van der Waals surface area contributed by atoms with Gasteiger partial charge in [-0.1, -0.05) is 6.07 Å². The fourth-order valence-corrected chi connectivity index (χ4v) is 2.83. The quantitative estimate of drug-likeness (QED) is 0.697. The number of thiophene rings is 1. The molecule has 2 heterocycles. The summed E-state index contributed by atoms with van der Waals surface area (Å²) in [7, 11) is 0. The van der Waals surface area contributed by atoms with Gasteiger partial charge in [0.1, 0.15) is 0 Å². The van der Waals surface area contributed by atoms with Crippen molar-refractivity contribution in [2.75, 3.05) is 13.2 Å². The average Bonchev–Trinajstić information content (AvgIpc) is 3.05. The molecule has 0 N–H and O–H groups in total. The average molecular weight is 332 g/mol. The van der Waals surface area contributed by atoms with Crippen LogP contribution < -0.4 is 0 Å². The summed E-state index contributed by atoms with van der Waals surface area (Å²) in [5, 5.41) is 1.95. The maximum absolute atomic E-state index is 12.6. The summed E-state index contributed by atoms with van der Waals surface area (Å²) in [5.41, 5.74) is 0.989. The number of hydrogen-bond acceptors (Lipinski definition) is 5. The Bertz CT molecular complexity index is 614. The summed E-state index contributed by atoms with van der Waals surface area (Å²) in [6, 6.07) is 7.61. The first-order chi connectivity index (χ1) is 11.2. The number of hydrogen-bond donors (Lipinski definition) is 0. The lowest BCUT2D eigenvalue weighted by atomic mass is 10.2. The van der Waals surface area contributed by atoms with Gasteiger partial charge in [-0.3, -0.25) is 14.6 Å². The van der Waals surface area contributed by atoms with Crippen LogP contribution in [0.3, 0.4) is 0 Å². The van der Waals surface area contributed by atoms with Gasteiger partial charge in [0.05, 0.1) is 19.4 Å². The number of carbonyl (C=O) groups excluding carboxylic acids is 2. The van der Waals surface area contributed by atoms with Crippen molar-refractivity contribution in [2.45, 2.75) is 26.3 Å². The van der Waals surface area contributed by atoms with Crippen molar-refractivity contribution in [1.82, 2.24) is 9.88 Å². The predicted octanol–water partition coefficient (Wildman–Crippen LogP) is 2.67. The molecule has 2 aromatic rings. The van der Waals surface area contributed by atoms with E-state index in [9.17, 15) is 9.59 Å². The molecule has 0 aromatic carbocycles. The van der Waals surface area contributed by atoms with Crippen molar-refractivity contribution in [3.63, 3.8) is 0 Å². The molecule has 6 heteroatoms. The summed E-state index contributed by atoms with van der Waals surface area (Å²) >= 11 is 1.56. The zero-order valence-electron chi connectivity index (χ0n) is 13.1. The molecule has 0 bridgehead atoms. The molecule has 0 aliphatic carbocycles. The van der Waals surface area contributed by atoms with Crippen LogP contribution in [0.15, 0.2) is 42.0 Å². The van der Waals surface area contributed by atoms with Gasteiger partial charge in [0.2, 0.25) is 5.91 Å². The van der Waals surface area contributed by atoms with E-state index in [0.29, 0.717) is 26.1 Å². The van der Waals surface area contributed by atoms with Crippen LogP contribution in [0.1, 0.15) is 23.8 Å². The largest absolute Gasteiger partial charge is 0.466 e. The first kappa shape index (κ1) is 17.1. The smallest absolute Gasteiger partial charge is 0.307 e. The number of esters is 1. The van der Waals surface area contributed by atoms with E-state index in [-0.39, 0.29) is 18.3 Å². The molecule has 0 radical (unpaired) electrons. The van der Waals surface area contributed by atoms with Crippen LogP contribution in [0.5, 0.6) is 0 Å². The maximum atomic E-state index is 12.6. The van der Waals surface area contributed by atoms with Crippen molar-refractivity contribution < 1.29 is 14.3 Å². The Balaban J connectivity index is 2.00. The minimum Gasteiger partial charge on any atom is -0.466 e. The molecule has 0 saturated carbocycles. The van der Waals surface area contributed by atoms with Crippen molar-refractivity contribution in [3.8, 4) is 0 Å². The molecule has 23 heavy (non-hydrogen) atoms. The van der Waals surface area contributed by atoms with E-state index >= 15 is 0 Å². The first-order valence-electron chi connectivity index (χ1n) is 7.53. The normalized spacial score (nSPS) is 10.3. The van der Waals surface area contributed by atoms with Crippen LogP contribution in [0.25, 0.3) is 0 Å². The van der Waals surface area contributed by atoms with Crippen LogP contribution in [-0.4, -0.2) is 34.9 Å². The molecule has 2 aromatic heterocycles. The minimum absolute atomic E-state index is 0.00793. The molecular formula is C17H20N2O3S. The lowest BCUT2D eigenvalue weighted by Gasteiger charge is -2.22. The highest BCUT2D eigenvalue weighted by Gasteiger charge is 2.17.